The summed E-state index contributed by atoms with van der Waals surface area (Å²) in [5.74, 6) is 1.28. The predicted octanol–water partition coefficient (Wildman–Crippen LogP) is 4.58. The first kappa shape index (κ1) is 16.0. The highest BCUT2D eigenvalue weighted by molar-refractivity contribution is 7.98. The van der Waals surface area contributed by atoms with Gasteiger partial charge < -0.3 is 10.5 Å². The van der Waals surface area contributed by atoms with E-state index in [4.69, 9.17) is 39.1 Å². The van der Waals surface area contributed by atoms with Crippen LogP contribution in [0.4, 0.5) is 0 Å². The highest BCUT2D eigenvalue weighted by atomic mass is 35.5. The van der Waals surface area contributed by atoms with E-state index in [2.05, 4.69) is 0 Å². The van der Waals surface area contributed by atoms with Gasteiger partial charge in [0.2, 0.25) is 0 Å². The molecule has 21 heavy (non-hydrogen) atoms. The Morgan fingerprint density at radius 3 is 2.67 bits per heavy atom. The molecule has 0 aromatic heterocycles. The molecule has 0 spiro atoms. The lowest BCUT2D eigenvalue weighted by molar-refractivity contribution is 0.413. The second-order valence-electron chi connectivity index (χ2n) is 4.31. The number of nitrogen functional groups attached to an aromatic ring is 1. The van der Waals surface area contributed by atoms with Gasteiger partial charge in [0.05, 0.1) is 17.7 Å². The summed E-state index contributed by atoms with van der Waals surface area (Å²) in [6.45, 7) is 0. The van der Waals surface area contributed by atoms with E-state index in [1.165, 1.54) is 0 Å². The maximum absolute atomic E-state index is 7.59. The summed E-state index contributed by atoms with van der Waals surface area (Å²) in [6, 6.07) is 11.0. The normalized spacial score (nSPS) is 10.4. The molecule has 3 nitrogen and oxygen atoms in total. The molecule has 6 heteroatoms. The maximum Gasteiger partial charge on any atom is 0.129 e. The second kappa shape index (κ2) is 7.07. The first-order valence-corrected chi connectivity index (χ1v) is 7.84. The zero-order valence-corrected chi connectivity index (χ0v) is 13.6. The third-order valence-corrected chi connectivity index (χ3v) is 4.64. The number of halogens is 2. The van der Waals surface area contributed by atoms with E-state index in [-0.39, 0.29) is 5.84 Å². The number of hydrogen-bond acceptors (Lipinski definition) is 3. The Kier molecular flexibility index (Phi) is 5.39. The smallest absolute Gasteiger partial charge is 0.129 e. The molecular weight excluding hydrogens is 327 g/mol. The SMILES string of the molecule is COc1ccc(CSc2cc(Cl)ccc2Cl)cc1C(=N)N. The number of nitrogens with two attached hydrogens (primary N) is 1. The van der Waals surface area contributed by atoms with Gasteiger partial charge in [-0.3, -0.25) is 5.41 Å². The Morgan fingerprint density at radius 2 is 2.00 bits per heavy atom. The summed E-state index contributed by atoms with van der Waals surface area (Å²) in [6.07, 6.45) is 0. The van der Waals surface area contributed by atoms with E-state index in [1.807, 2.05) is 24.3 Å². The third kappa shape index (κ3) is 4.06. The molecule has 2 aromatic rings. The Bertz CT molecular complexity index is 677. The van der Waals surface area contributed by atoms with Crippen molar-refractivity contribution in [3.8, 4) is 5.75 Å². The van der Waals surface area contributed by atoms with E-state index in [0.29, 0.717) is 27.1 Å². The van der Waals surface area contributed by atoms with Crippen molar-refractivity contribution in [1.82, 2.24) is 0 Å². The lowest BCUT2D eigenvalue weighted by atomic mass is 10.1. The predicted molar refractivity (Wildman–Crippen MR) is 90.0 cm³/mol. The van der Waals surface area contributed by atoms with Gasteiger partial charge in [0, 0.05) is 15.7 Å². The van der Waals surface area contributed by atoms with Crippen molar-refractivity contribution in [3.63, 3.8) is 0 Å². The van der Waals surface area contributed by atoms with E-state index >= 15 is 0 Å². The Labute approximate surface area is 137 Å². The molecule has 0 aliphatic rings. The summed E-state index contributed by atoms with van der Waals surface area (Å²) >= 11 is 13.7. The third-order valence-electron chi connectivity index (χ3n) is 2.84. The molecule has 110 valence electrons. The first-order valence-electron chi connectivity index (χ1n) is 6.10. The summed E-state index contributed by atoms with van der Waals surface area (Å²) in [5, 5.41) is 8.91. The number of benzene rings is 2. The van der Waals surface area contributed by atoms with Crippen molar-refractivity contribution in [2.24, 2.45) is 5.73 Å². The number of rotatable bonds is 5. The van der Waals surface area contributed by atoms with Crippen LogP contribution in [0, 0.1) is 5.41 Å². The van der Waals surface area contributed by atoms with Crippen molar-refractivity contribution in [1.29, 1.82) is 5.41 Å². The molecule has 0 heterocycles. The van der Waals surface area contributed by atoms with Crippen molar-refractivity contribution in [2.75, 3.05) is 7.11 Å². The largest absolute Gasteiger partial charge is 0.496 e. The molecule has 0 unspecified atom stereocenters. The second-order valence-corrected chi connectivity index (χ2v) is 6.17. The van der Waals surface area contributed by atoms with Gasteiger partial charge >= 0.3 is 0 Å². The monoisotopic (exact) mass is 340 g/mol. The number of methoxy groups -OCH3 is 1. The zero-order valence-electron chi connectivity index (χ0n) is 11.3. The molecule has 0 saturated heterocycles. The van der Waals surface area contributed by atoms with Gasteiger partial charge in [-0.1, -0.05) is 29.3 Å². The Balaban J connectivity index is 2.18. The van der Waals surface area contributed by atoms with Crippen molar-refractivity contribution in [3.05, 3.63) is 57.6 Å². The van der Waals surface area contributed by atoms with Crippen LogP contribution in [0.15, 0.2) is 41.3 Å². The van der Waals surface area contributed by atoms with Gasteiger partial charge in [-0.05, 0) is 35.9 Å². The van der Waals surface area contributed by atoms with Crippen molar-refractivity contribution < 1.29 is 4.74 Å². The quantitative estimate of drug-likeness (QED) is 0.475. The molecular formula is C15H14Cl2N2OS. The fourth-order valence-electron chi connectivity index (χ4n) is 1.80. The number of amidine groups is 1. The van der Waals surface area contributed by atoms with Crippen LogP contribution in [-0.4, -0.2) is 12.9 Å². The standard InChI is InChI=1S/C15H14Cl2N2OS/c1-20-13-5-2-9(6-11(13)15(18)19)8-21-14-7-10(16)3-4-12(14)17/h2-7H,8H2,1H3,(H3,18,19). The lowest BCUT2D eigenvalue weighted by Gasteiger charge is -2.10. The maximum atomic E-state index is 7.59. The van der Waals surface area contributed by atoms with E-state index < -0.39 is 0 Å². The van der Waals surface area contributed by atoms with Crippen LogP contribution in [0.5, 0.6) is 5.75 Å². The highest BCUT2D eigenvalue weighted by Crippen LogP contribution is 2.32. The minimum Gasteiger partial charge on any atom is -0.496 e. The van der Waals surface area contributed by atoms with E-state index in [9.17, 15) is 0 Å². The number of hydrogen-bond donors (Lipinski definition) is 2. The minimum absolute atomic E-state index is 0.0144. The Hall–Kier alpha value is -1.36. The van der Waals surface area contributed by atoms with Crippen LogP contribution in [-0.2, 0) is 5.75 Å². The molecule has 0 amide bonds. The number of nitrogens with one attached hydrogen (secondary N) is 1. The molecule has 0 atom stereocenters. The fraction of sp³-hybridized carbons (Fsp3) is 0.133. The zero-order chi connectivity index (χ0) is 15.4. The summed E-state index contributed by atoms with van der Waals surface area (Å²) in [4.78, 5) is 0.921. The molecule has 0 radical (unpaired) electrons. The van der Waals surface area contributed by atoms with Crippen LogP contribution < -0.4 is 10.5 Å². The van der Waals surface area contributed by atoms with Gasteiger partial charge in [0.15, 0.2) is 0 Å². The summed E-state index contributed by atoms with van der Waals surface area (Å²) in [5.41, 5.74) is 7.19. The van der Waals surface area contributed by atoms with Crippen molar-refractivity contribution in [2.45, 2.75) is 10.6 Å². The molecule has 0 aliphatic heterocycles. The molecule has 3 N–H and O–H groups in total. The van der Waals surface area contributed by atoms with Crippen LogP contribution >= 0.6 is 35.0 Å². The number of ether oxygens (including phenoxy) is 1. The van der Waals surface area contributed by atoms with Gasteiger partial charge in [-0.25, -0.2) is 0 Å². The van der Waals surface area contributed by atoms with Gasteiger partial charge in [-0.15, -0.1) is 11.8 Å². The fourth-order valence-corrected chi connectivity index (χ4v) is 3.24. The minimum atomic E-state index is -0.0144. The van der Waals surface area contributed by atoms with Crippen LogP contribution in [0.3, 0.4) is 0 Å². The van der Waals surface area contributed by atoms with E-state index in [1.54, 1.807) is 31.0 Å². The summed E-state index contributed by atoms with van der Waals surface area (Å²) < 4.78 is 5.19. The molecule has 0 fully saturated rings. The van der Waals surface area contributed by atoms with E-state index in [0.717, 1.165) is 10.5 Å². The Morgan fingerprint density at radius 1 is 1.24 bits per heavy atom. The van der Waals surface area contributed by atoms with Gasteiger partial charge in [-0.2, -0.15) is 0 Å². The molecule has 0 saturated carbocycles. The van der Waals surface area contributed by atoms with Gasteiger partial charge in [0.1, 0.15) is 11.6 Å². The average molecular weight is 341 g/mol. The molecule has 2 aromatic carbocycles. The average Bonchev–Trinajstić information content (AvgIpc) is 2.47. The van der Waals surface area contributed by atoms with Crippen LogP contribution in [0.25, 0.3) is 0 Å². The highest BCUT2D eigenvalue weighted by Gasteiger charge is 2.08. The van der Waals surface area contributed by atoms with Crippen LogP contribution in [0.2, 0.25) is 10.0 Å². The molecule has 0 bridgehead atoms. The van der Waals surface area contributed by atoms with Crippen LogP contribution in [0.1, 0.15) is 11.1 Å². The van der Waals surface area contributed by atoms with Crippen molar-refractivity contribution >= 4 is 40.8 Å². The first-order chi connectivity index (χ1) is 10.0. The molecule has 0 aliphatic carbocycles. The van der Waals surface area contributed by atoms with Gasteiger partial charge in [0.25, 0.3) is 0 Å². The summed E-state index contributed by atoms with van der Waals surface area (Å²) in [7, 11) is 1.56. The number of thioether (sulfide) groups is 1. The molecule has 2 rings (SSSR count). The lowest BCUT2D eigenvalue weighted by Crippen LogP contribution is -2.12. The topological polar surface area (TPSA) is 59.1 Å².